The lowest BCUT2D eigenvalue weighted by Gasteiger charge is -2.15. The van der Waals surface area contributed by atoms with E-state index in [9.17, 15) is 4.79 Å². The lowest BCUT2D eigenvalue weighted by molar-refractivity contribution is -0.122. The van der Waals surface area contributed by atoms with Crippen molar-refractivity contribution < 1.29 is 9.53 Å². The minimum Gasteiger partial charge on any atom is -0.481 e. The molecule has 2 aromatic carbocycles. The largest absolute Gasteiger partial charge is 0.481 e. The topological polar surface area (TPSA) is 64.3 Å². The Bertz CT molecular complexity index is 579. The van der Waals surface area contributed by atoms with E-state index in [1.807, 2.05) is 61.5 Å². The fourth-order valence-corrected chi connectivity index (χ4v) is 1.87. The third-order valence-corrected chi connectivity index (χ3v) is 3.13. The number of nitrogens with two attached hydrogens (primary N) is 1. The molecule has 0 aliphatic carbocycles. The van der Waals surface area contributed by atoms with Crippen LogP contribution in [-0.2, 0) is 4.79 Å². The molecule has 0 fully saturated rings. The van der Waals surface area contributed by atoms with Crippen molar-refractivity contribution in [1.29, 1.82) is 0 Å². The molecule has 2 aromatic rings. The average Bonchev–Trinajstić information content (AvgIpc) is 2.48. The van der Waals surface area contributed by atoms with E-state index >= 15 is 0 Å². The van der Waals surface area contributed by atoms with Crippen LogP contribution in [0.25, 0.3) is 0 Å². The fourth-order valence-electron chi connectivity index (χ4n) is 1.87. The minimum atomic E-state index is -0.577. The zero-order valence-electron chi connectivity index (χ0n) is 12.2. The summed E-state index contributed by atoms with van der Waals surface area (Å²) in [5.74, 6) is 0.465. The summed E-state index contributed by atoms with van der Waals surface area (Å²) < 4.78 is 5.63. The first-order valence-corrected chi connectivity index (χ1v) is 6.94. The number of carbonyl (C=O) groups excluding carboxylic acids is 1. The monoisotopic (exact) mass is 284 g/mol. The van der Waals surface area contributed by atoms with Crippen molar-refractivity contribution in [3.8, 4) is 5.75 Å². The molecule has 0 aliphatic rings. The molecule has 0 aliphatic heterocycles. The van der Waals surface area contributed by atoms with E-state index in [0.717, 1.165) is 11.3 Å². The molecule has 4 heteroatoms. The van der Waals surface area contributed by atoms with Gasteiger partial charge >= 0.3 is 0 Å². The summed E-state index contributed by atoms with van der Waals surface area (Å²) in [6.45, 7) is 3.64. The summed E-state index contributed by atoms with van der Waals surface area (Å²) in [6.07, 6.45) is -0.577. The second-order valence-corrected chi connectivity index (χ2v) is 4.97. The Kier molecular flexibility index (Phi) is 4.95. The van der Waals surface area contributed by atoms with Crippen LogP contribution in [0.1, 0.15) is 25.5 Å². The van der Waals surface area contributed by atoms with Crippen LogP contribution in [0.15, 0.2) is 54.6 Å². The molecular weight excluding hydrogens is 264 g/mol. The lowest BCUT2D eigenvalue weighted by atomic mass is 10.1. The third-order valence-electron chi connectivity index (χ3n) is 3.13. The maximum absolute atomic E-state index is 12.0. The van der Waals surface area contributed by atoms with E-state index in [1.54, 1.807) is 6.92 Å². The molecule has 0 bridgehead atoms. The molecule has 3 N–H and O–H groups in total. The van der Waals surface area contributed by atoms with Crippen LogP contribution >= 0.6 is 0 Å². The Morgan fingerprint density at radius 1 is 1.05 bits per heavy atom. The Morgan fingerprint density at radius 3 is 2.24 bits per heavy atom. The van der Waals surface area contributed by atoms with Gasteiger partial charge in [-0.15, -0.1) is 0 Å². The van der Waals surface area contributed by atoms with Crippen molar-refractivity contribution in [2.75, 3.05) is 5.32 Å². The van der Waals surface area contributed by atoms with E-state index in [2.05, 4.69) is 5.32 Å². The molecule has 4 nitrogen and oxygen atoms in total. The Hall–Kier alpha value is -2.33. The second-order valence-electron chi connectivity index (χ2n) is 4.97. The zero-order chi connectivity index (χ0) is 15.2. The van der Waals surface area contributed by atoms with Gasteiger partial charge in [-0.1, -0.05) is 30.3 Å². The van der Waals surface area contributed by atoms with Gasteiger partial charge in [0, 0.05) is 11.7 Å². The first-order chi connectivity index (χ1) is 10.1. The molecule has 0 aromatic heterocycles. The van der Waals surface area contributed by atoms with Gasteiger partial charge in [-0.2, -0.15) is 0 Å². The molecule has 0 heterocycles. The number of benzene rings is 2. The number of hydrogen-bond donors (Lipinski definition) is 2. The Labute approximate surface area is 124 Å². The van der Waals surface area contributed by atoms with Gasteiger partial charge in [0.05, 0.1) is 0 Å². The normalized spacial score (nSPS) is 13.3. The van der Waals surface area contributed by atoms with Crippen molar-refractivity contribution in [3.63, 3.8) is 0 Å². The molecule has 0 saturated carbocycles. The van der Waals surface area contributed by atoms with Gasteiger partial charge in [-0.3, -0.25) is 4.79 Å². The molecule has 0 saturated heterocycles. The number of amides is 1. The molecule has 0 spiro atoms. The highest BCUT2D eigenvalue weighted by atomic mass is 16.5. The van der Waals surface area contributed by atoms with Crippen molar-refractivity contribution in [3.05, 3.63) is 60.2 Å². The summed E-state index contributed by atoms with van der Waals surface area (Å²) in [6, 6.07) is 16.7. The van der Waals surface area contributed by atoms with Crippen molar-refractivity contribution in [1.82, 2.24) is 0 Å². The molecular formula is C17H20N2O2. The summed E-state index contributed by atoms with van der Waals surface area (Å²) >= 11 is 0. The third kappa shape index (κ3) is 4.33. The standard InChI is InChI=1S/C17H20N2O2/c1-12(18)14-8-10-16(11-9-14)21-13(2)17(20)19-15-6-4-3-5-7-15/h3-13H,18H2,1-2H3,(H,19,20)/t12-,13?/m1/s1. The van der Waals surface area contributed by atoms with Gasteiger partial charge in [0.1, 0.15) is 5.75 Å². The zero-order valence-corrected chi connectivity index (χ0v) is 12.2. The predicted octanol–water partition coefficient (Wildman–Crippen LogP) is 3.11. The highest BCUT2D eigenvalue weighted by Gasteiger charge is 2.14. The maximum atomic E-state index is 12.0. The first kappa shape index (κ1) is 15.1. The number of rotatable bonds is 5. The van der Waals surface area contributed by atoms with Crippen LogP contribution in [0.3, 0.4) is 0 Å². The fraction of sp³-hybridized carbons (Fsp3) is 0.235. The number of ether oxygens (including phenoxy) is 1. The SMILES string of the molecule is CC(Oc1ccc([C@@H](C)N)cc1)C(=O)Nc1ccccc1. The van der Waals surface area contributed by atoms with Gasteiger partial charge < -0.3 is 15.8 Å². The smallest absolute Gasteiger partial charge is 0.265 e. The van der Waals surface area contributed by atoms with E-state index in [4.69, 9.17) is 10.5 Å². The van der Waals surface area contributed by atoms with Crippen molar-refractivity contribution >= 4 is 11.6 Å². The molecule has 1 amide bonds. The first-order valence-electron chi connectivity index (χ1n) is 6.94. The highest BCUT2D eigenvalue weighted by molar-refractivity contribution is 5.94. The van der Waals surface area contributed by atoms with Crippen LogP contribution in [0.2, 0.25) is 0 Å². The molecule has 110 valence electrons. The van der Waals surface area contributed by atoms with Gasteiger partial charge in [-0.05, 0) is 43.7 Å². The molecule has 2 atom stereocenters. The Morgan fingerprint density at radius 2 is 1.67 bits per heavy atom. The molecule has 1 unspecified atom stereocenters. The number of nitrogens with one attached hydrogen (secondary N) is 1. The van der Waals surface area contributed by atoms with Gasteiger partial charge in [-0.25, -0.2) is 0 Å². The summed E-state index contributed by atoms with van der Waals surface area (Å²) in [4.78, 5) is 12.0. The summed E-state index contributed by atoms with van der Waals surface area (Å²) in [5.41, 5.74) is 7.58. The minimum absolute atomic E-state index is 0.0159. The van der Waals surface area contributed by atoms with Gasteiger partial charge in [0.2, 0.25) is 0 Å². The van der Waals surface area contributed by atoms with E-state index in [1.165, 1.54) is 0 Å². The van der Waals surface area contributed by atoms with E-state index < -0.39 is 6.10 Å². The molecule has 2 rings (SSSR count). The van der Waals surface area contributed by atoms with Gasteiger partial charge in [0.15, 0.2) is 6.10 Å². The van der Waals surface area contributed by atoms with Crippen LogP contribution in [-0.4, -0.2) is 12.0 Å². The predicted molar refractivity (Wildman–Crippen MR) is 84.2 cm³/mol. The number of carbonyl (C=O) groups is 1. The van der Waals surface area contributed by atoms with E-state index in [-0.39, 0.29) is 11.9 Å². The number of para-hydroxylation sites is 1. The maximum Gasteiger partial charge on any atom is 0.265 e. The second kappa shape index (κ2) is 6.90. The summed E-state index contributed by atoms with van der Waals surface area (Å²) in [7, 11) is 0. The lowest BCUT2D eigenvalue weighted by Crippen LogP contribution is -2.30. The summed E-state index contributed by atoms with van der Waals surface area (Å²) in [5, 5.41) is 2.81. The number of anilines is 1. The highest BCUT2D eigenvalue weighted by Crippen LogP contribution is 2.17. The number of hydrogen-bond acceptors (Lipinski definition) is 3. The van der Waals surface area contributed by atoms with Crippen LogP contribution < -0.4 is 15.8 Å². The van der Waals surface area contributed by atoms with Crippen LogP contribution in [0.5, 0.6) is 5.75 Å². The van der Waals surface area contributed by atoms with Crippen molar-refractivity contribution in [2.45, 2.75) is 26.0 Å². The van der Waals surface area contributed by atoms with Crippen LogP contribution in [0.4, 0.5) is 5.69 Å². The molecule has 21 heavy (non-hydrogen) atoms. The average molecular weight is 284 g/mol. The van der Waals surface area contributed by atoms with Crippen LogP contribution in [0, 0.1) is 0 Å². The van der Waals surface area contributed by atoms with Crippen molar-refractivity contribution in [2.24, 2.45) is 5.73 Å². The molecule has 0 radical (unpaired) electrons. The van der Waals surface area contributed by atoms with E-state index in [0.29, 0.717) is 5.75 Å². The van der Waals surface area contributed by atoms with Gasteiger partial charge in [0.25, 0.3) is 5.91 Å². The Balaban J connectivity index is 1.94. The quantitative estimate of drug-likeness (QED) is 0.886.